The van der Waals surface area contributed by atoms with Crippen molar-refractivity contribution in [1.29, 1.82) is 0 Å². The van der Waals surface area contributed by atoms with E-state index in [-0.39, 0.29) is 22.0 Å². The molecule has 136 valence electrons. The summed E-state index contributed by atoms with van der Waals surface area (Å²) in [6.07, 6.45) is 0.748. The number of anilines is 1. The highest BCUT2D eigenvalue weighted by atomic mass is 35.5. The van der Waals surface area contributed by atoms with Crippen LogP contribution in [0.2, 0.25) is 5.02 Å². The molecule has 2 rings (SSSR count). The molecule has 0 saturated carbocycles. The van der Waals surface area contributed by atoms with Gasteiger partial charge < -0.3 is 19.9 Å². The summed E-state index contributed by atoms with van der Waals surface area (Å²) in [5.74, 6) is -2.46. The Hall–Kier alpha value is -3.06. The molecule has 2 N–H and O–H groups in total. The Bertz CT molecular complexity index is 882. The highest BCUT2D eigenvalue weighted by Crippen LogP contribution is 2.28. The molecule has 1 amide bonds. The monoisotopic (exact) mass is 379 g/mol. The molecule has 0 bridgehead atoms. The summed E-state index contributed by atoms with van der Waals surface area (Å²) in [5.41, 5.74) is 0.319. The van der Waals surface area contributed by atoms with Crippen molar-refractivity contribution < 1.29 is 28.6 Å². The fourth-order valence-electron chi connectivity index (χ4n) is 2.05. The molecule has 0 atom stereocenters. The smallest absolute Gasteiger partial charge is 0.296 e. The van der Waals surface area contributed by atoms with Crippen LogP contribution in [0.25, 0.3) is 5.76 Å². The average molecular weight is 380 g/mol. The standard InChI is InChI=1S/C18H15ClFNO5/c1-25-11-4-6-17(26-2)12(8-11)15(22)9-16(23)18(24)21-10-3-5-14(20)13(19)7-10/h3-9,22H,1-2H3,(H,21,24)/b15-9-. The summed E-state index contributed by atoms with van der Waals surface area (Å²) < 4.78 is 23.3. The first-order chi connectivity index (χ1) is 12.3. The van der Waals surface area contributed by atoms with Gasteiger partial charge >= 0.3 is 0 Å². The van der Waals surface area contributed by atoms with Crippen LogP contribution >= 0.6 is 11.6 Å². The maximum atomic E-state index is 13.1. The third-order valence-corrected chi connectivity index (χ3v) is 3.64. The molecule has 0 aliphatic rings. The van der Waals surface area contributed by atoms with E-state index >= 15 is 0 Å². The van der Waals surface area contributed by atoms with Gasteiger partial charge in [-0.25, -0.2) is 4.39 Å². The fraction of sp³-hybridized carbons (Fsp3) is 0.111. The lowest BCUT2D eigenvalue weighted by atomic mass is 10.1. The molecule has 0 spiro atoms. The molecule has 6 nitrogen and oxygen atoms in total. The van der Waals surface area contributed by atoms with Crippen LogP contribution in [0.1, 0.15) is 5.56 Å². The van der Waals surface area contributed by atoms with E-state index in [4.69, 9.17) is 21.1 Å². The van der Waals surface area contributed by atoms with Crippen LogP contribution < -0.4 is 14.8 Å². The van der Waals surface area contributed by atoms with E-state index in [1.165, 1.54) is 26.4 Å². The third-order valence-electron chi connectivity index (χ3n) is 3.35. The Labute approximate surface area is 153 Å². The van der Waals surface area contributed by atoms with Crippen molar-refractivity contribution in [2.45, 2.75) is 0 Å². The largest absolute Gasteiger partial charge is 0.507 e. The predicted octanol–water partition coefficient (Wildman–Crippen LogP) is 3.60. The Morgan fingerprint density at radius 1 is 1.15 bits per heavy atom. The number of benzene rings is 2. The highest BCUT2D eigenvalue weighted by molar-refractivity contribution is 6.45. The van der Waals surface area contributed by atoms with Gasteiger partial charge in [-0.15, -0.1) is 0 Å². The molecular weight excluding hydrogens is 365 g/mol. The number of methoxy groups -OCH3 is 2. The lowest BCUT2D eigenvalue weighted by molar-refractivity contribution is -0.131. The summed E-state index contributed by atoms with van der Waals surface area (Å²) in [4.78, 5) is 24.0. The average Bonchev–Trinajstić information content (AvgIpc) is 2.63. The fourth-order valence-corrected chi connectivity index (χ4v) is 2.23. The molecule has 0 aliphatic heterocycles. The van der Waals surface area contributed by atoms with Crippen LogP contribution in [0.3, 0.4) is 0 Å². The number of hydrogen-bond donors (Lipinski definition) is 2. The number of ketones is 1. The van der Waals surface area contributed by atoms with Gasteiger partial charge in [-0.05, 0) is 36.4 Å². The Kier molecular flexibility index (Phi) is 6.19. The molecule has 26 heavy (non-hydrogen) atoms. The topological polar surface area (TPSA) is 84.9 Å². The molecule has 0 fully saturated rings. The second-order valence-corrected chi connectivity index (χ2v) is 5.45. The van der Waals surface area contributed by atoms with Gasteiger partial charge in [0.05, 0.1) is 24.8 Å². The zero-order chi connectivity index (χ0) is 19.3. The van der Waals surface area contributed by atoms with E-state index in [0.717, 1.165) is 18.2 Å². The van der Waals surface area contributed by atoms with Crippen molar-refractivity contribution in [2.24, 2.45) is 0 Å². The van der Waals surface area contributed by atoms with Gasteiger partial charge in [0.2, 0.25) is 5.78 Å². The molecule has 0 heterocycles. The minimum absolute atomic E-state index is 0.140. The number of amides is 1. The van der Waals surface area contributed by atoms with E-state index in [9.17, 15) is 19.1 Å². The van der Waals surface area contributed by atoms with E-state index in [1.54, 1.807) is 12.1 Å². The molecule has 8 heteroatoms. The summed E-state index contributed by atoms with van der Waals surface area (Å²) >= 11 is 5.61. The quantitative estimate of drug-likeness (QED) is 0.455. The van der Waals surface area contributed by atoms with Crippen LogP contribution in [-0.2, 0) is 9.59 Å². The summed E-state index contributed by atoms with van der Waals surface area (Å²) in [6.45, 7) is 0. The zero-order valence-corrected chi connectivity index (χ0v) is 14.6. The van der Waals surface area contributed by atoms with Gasteiger partial charge in [0.25, 0.3) is 5.91 Å². The maximum Gasteiger partial charge on any atom is 0.296 e. The number of hydrogen-bond acceptors (Lipinski definition) is 5. The number of nitrogens with one attached hydrogen (secondary N) is 1. The van der Waals surface area contributed by atoms with Gasteiger partial charge in [-0.1, -0.05) is 11.6 Å². The second kappa shape index (κ2) is 8.35. The van der Waals surface area contributed by atoms with Crippen LogP contribution in [-0.4, -0.2) is 31.0 Å². The second-order valence-electron chi connectivity index (χ2n) is 5.04. The van der Waals surface area contributed by atoms with Crippen LogP contribution in [0.15, 0.2) is 42.5 Å². The van der Waals surface area contributed by atoms with Gasteiger partial charge in [0, 0.05) is 11.8 Å². The molecular formula is C18H15ClFNO5. The van der Waals surface area contributed by atoms with Crippen molar-refractivity contribution >= 4 is 34.7 Å². The number of halogens is 2. The highest BCUT2D eigenvalue weighted by Gasteiger charge is 2.16. The summed E-state index contributed by atoms with van der Waals surface area (Å²) in [5, 5.41) is 12.2. The van der Waals surface area contributed by atoms with E-state index in [2.05, 4.69) is 5.32 Å². The Balaban J connectivity index is 2.21. The van der Waals surface area contributed by atoms with E-state index < -0.39 is 23.3 Å². The summed E-state index contributed by atoms with van der Waals surface area (Å²) in [7, 11) is 2.84. The first-order valence-corrected chi connectivity index (χ1v) is 7.67. The minimum atomic E-state index is -1.03. The molecule has 0 unspecified atom stereocenters. The van der Waals surface area contributed by atoms with Crippen molar-refractivity contribution in [3.8, 4) is 11.5 Å². The normalized spacial score (nSPS) is 11.0. The molecule has 0 saturated heterocycles. The van der Waals surface area contributed by atoms with Gasteiger partial charge in [-0.3, -0.25) is 9.59 Å². The number of rotatable bonds is 6. The first kappa shape index (κ1) is 19.3. The molecule has 0 radical (unpaired) electrons. The molecule has 2 aromatic rings. The Morgan fingerprint density at radius 3 is 2.50 bits per heavy atom. The number of carbonyl (C=O) groups excluding carboxylic acids is 2. The van der Waals surface area contributed by atoms with Gasteiger partial charge in [-0.2, -0.15) is 0 Å². The van der Waals surface area contributed by atoms with Crippen molar-refractivity contribution in [3.63, 3.8) is 0 Å². The third kappa shape index (κ3) is 4.52. The Morgan fingerprint density at radius 2 is 1.88 bits per heavy atom. The van der Waals surface area contributed by atoms with Gasteiger partial charge in [0.15, 0.2) is 0 Å². The molecule has 0 aromatic heterocycles. The van der Waals surface area contributed by atoms with Crippen LogP contribution in [0, 0.1) is 5.82 Å². The predicted molar refractivity (Wildman–Crippen MR) is 95.2 cm³/mol. The van der Waals surface area contributed by atoms with E-state index in [1.807, 2.05) is 0 Å². The van der Waals surface area contributed by atoms with Crippen LogP contribution in [0.4, 0.5) is 10.1 Å². The summed E-state index contributed by atoms with van der Waals surface area (Å²) in [6, 6.07) is 8.08. The zero-order valence-electron chi connectivity index (χ0n) is 13.9. The van der Waals surface area contributed by atoms with Crippen molar-refractivity contribution in [3.05, 3.63) is 58.9 Å². The molecule has 0 aliphatic carbocycles. The van der Waals surface area contributed by atoms with Gasteiger partial charge in [0.1, 0.15) is 23.1 Å². The SMILES string of the molecule is COc1ccc(OC)c(/C(O)=C/C(=O)C(=O)Nc2ccc(F)c(Cl)c2)c1. The first-order valence-electron chi connectivity index (χ1n) is 7.29. The van der Waals surface area contributed by atoms with Crippen molar-refractivity contribution in [2.75, 3.05) is 19.5 Å². The van der Waals surface area contributed by atoms with Crippen LogP contribution in [0.5, 0.6) is 11.5 Å². The number of aliphatic hydroxyl groups is 1. The van der Waals surface area contributed by atoms with E-state index in [0.29, 0.717) is 5.75 Å². The lowest BCUT2D eigenvalue weighted by Crippen LogP contribution is -2.21. The number of carbonyl (C=O) groups is 2. The lowest BCUT2D eigenvalue weighted by Gasteiger charge is -2.10. The molecule has 2 aromatic carbocycles. The minimum Gasteiger partial charge on any atom is -0.507 e. The maximum absolute atomic E-state index is 13.1. The number of ether oxygens (including phenoxy) is 2. The van der Waals surface area contributed by atoms with Crippen molar-refractivity contribution in [1.82, 2.24) is 0 Å². The number of aliphatic hydroxyl groups excluding tert-OH is 1.